The van der Waals surface area contributed by atoms with E-state index >= 15 is 0 Å². The first-order valence-electron chi connectivity index (χ1n) is 2.06. The van der Waals surface area contributed by atoms with Gasteiger partial charge in [-0.15, -0.1) is 11.3 Å². The van der Waals surface area contributed by atoms with E-state index in [0.29, 0.717) is 0 Å². The highest BCUT2D eigenvalue weighted by Crippen LogP contribution is 2.08. The summed E-state index contributed by atoms with van der Waals surface area (Å²) in [6.45, 7) is 0. The second-order valence-electron chi connectivity index (χ2n) is 1.19. The van der Waals surface area contributed by atoms with E-state index in [4.69, 9.17) is 0 Å². The van der Waals surface area contributed by atoms with E-state index in [2.05, 4.69) is 10.7 Å². The van der Waals surface area contributed by atoms with E-state index in [0.717, 1.165) is 5.69 Å². The van der Waals surface area contributed by atoms with Crippen LogP contribution < -0.4 is 5.32 Å². The Morgan fingerprint density at radius 1 is 1.86 bits per heavy atom. The van der Waals surface area contributed by atoms with Gasteiger partial charge in [-0.25, -0.2) is 0 Å². The molecule has 1 radical (unpaired) electrons. The van der Waals surface area contributed by atoms with Crippen molar-refractivity contribution < 1.29 is 0 Å². The Labute approximate surface area is 47.0 Å². The lowest BCUT2D eigenvalue weighted by molar-refractivity contribution is 1.56. The molecule has 7 heavy (non-hydrogen) atoms. The van der Waals surface area contributed by atoms with Crippen molar-refractivity contribution in [2.75, 3.05) is 12.4 Å². The fourth-order valence-electron chi connectivity index (χ4n) is 0.368. The Morgan fingerprint density at radius 2 is 2.71 bits per heavy atom. The van der Waals surface area contributed by atoms with Gasteiger partial charge >= 0.3 is 0 Å². The minimum absolute atomic E-state index is 1.07. The third-order valence-corrected chi connectivity index (χ3v) is 1.35. The highest BCUT2D eigenvalue weighted by molar-refractivity contribution is 7.07. The highest BCUT2D eigenvalue weighted by atomic mass is 32.1. The summed E-state index contributed by atoms with van der Waals surface area (Å²) in [7, 11) is 1.89. The molecule has 0 fully saturated rings. The van der Waals surface area contributed by atoms with E-state index in [1.807, 2.05) is 18.5 Å². The normalized spacial score (nSPS) is 8.71. The van der Waals surface area contributed by atoms with Crippen molar-refractivity contribution in [2.24, 2.45) is 0 Å². The SMILES string of the molecule is CNc1[c]scc1. The topological polar surface area (TPSA) is 12.0 Å². The van der Waals surface area contributed by atoms with Gasteiger partial charge in [-0.2, -0.15) is 0 Å². The van der Waals surface area contributed by atoms with Crippen molar-refractivity contribution in [3.63, 3.8) is 0 Å². The van der Waals surface area contributed by atoms with Gasteiger partial charge in [0.1, 0.15) is 0 Å². The largest absolute Gasteiger partial charge is 0.387 e. The zero-order chi connectivity index (χ0) is 5.11. The van der Waals surface area contributed by atoms with Crippen LogP contribution in [0.4, 0.5) is 5.69 Å². The molecule has 1 heterocycles. The van der Waals surface area contributed by atoms with E-state index in [1.54, 1.807) is 11.3 Å². The van der Waals surface area contributed by atoms with Crippen molar-refractivity contribution in [1.82, 2.24) is 0 Å². The summed E-state index contributed by atoms with van der Waals surface area (Å²) < 4.78 is 0. The summed E-state index contributed by atoms with van der Waals surface area (Å²) >= 11 is 1.58. The van der Waals surface area contributed by atoms with Crippen LogP contribution in [0.3, 0.4) is 0 Å². The average Bonchev–Trinajstić information content (AvgIpc) is 2.14. The minimum atomic E-state index is 1.07. The van der Waals surface area contributed by atoms with Gasteiger partial charge in [0, 0.05) is 7.05 Å². The molecule has 0 saturated carbocycles. The quantitative estimate of drug-likeness (QED) is 0.581. The molecule has 1 nitrogen and oxygen atoms in total. The molecular formula is C5H6NS. The molecule has 1 rings (SSSR count). The number of hydrogen-bond acceptors (Lipinski definition) is 2. The summed E-state index contributed by atoms with van der Waals surface area (Å²) in [4.78, 5) is 0. The van der Waals surface area contributed by atoms with Gasteiger partial charge in [0.2, 0.25) is 0 Å². The Bertz CT molecular complexity index is 123. The molecular weight excluding hydrogens is 106 g/mol. The lowest BCUT2D eigenvalue weighted by Crippen LogP contribution is -1.81. The highest BCUT2D eigenvalue weighted by Gasteiger charge is 1.81. The van der Waals surface area contributed by atoms with Gasteiger partial charge in [0.05, 0.1) is 11.1 Å². The third-order valence-electron chi connectivity index (χ3n) is 0.741. The molecule has 0 aliphatic rings. The molecule has 0 aliphatic heterocycles. The van der Waals surface area contributed by atoms with Gasteiger partial charge < -0.3 is 5.32 Å². The minimum Gasteiger partial charge on any atom is -0.387 e. The molecule has 0 amide bonds. The average molecular weight is 112 g/mol. The Kier molecular flexibility index (Phi) is 1.32. The summed E-state index contributed by atoms with van der Waals surface area (Å²) in [5.74, 6) is 0. The Balaban J connectivity index is 2.76. The maximum absolute atomic E-state index is 3.02. The van der Waals surface area contributed by atoms with Crippen LogP contribution in [0.5, 0.6) is 0 Å². The summed E-state index contributed by atoms with van der Waals surface area (Å²) in [6.07, 6.45) is 0. The van der Waals surface area contributed by atoms with Gasteiger partial charge in [-0.3, -0.25) is 0 Å². The van der Waals surface area contributed by atoms with E-state index in [-0.39, 0.29) is 0 Å². The van der Waals surface area contributed by atoms with Crippen LogP contribution in [0.1, 0.15) is 0 Å². The zero-order valence-electron chi connectivity index (χ0n) is 4.06. The van der Waals surface area contributed by atoms with Gasteiger partial charge in [-0.05, 0) is 11.4 Å². The number of thiophene rings is 1. The smallest absolute Gasteiger partial charge is 0.0694 e. The zero-order valence-corrected chi connectivity index (χ0v) is 4.88. The van der Waals surface area contributed by atoms with E-state index in [1.165, 1.54) is 0 Å². The van der Waals surface area contributed by atoms with Gasteiger partial charge in [0.15, 0.2) is 0 Å². The predicted molar refractivity (Wildman–Crippen MR) is 32.7 cm³/mol. The summed E-state index contributed by atoms with van der Waals surface area (Å²) in [6, 6.07) is 1.99. The Morgan fingerprint density at radius 3 is 3.00 bits per heavy atom. The maximum Gasteiger partial charge on any atom is 0.0694 e. The number of hydrogen-bond donors (Lipinski definition) is 1. The summed E-state index contributed by atoms with van der Waals surface area (Å²) in [5, 5.41) is 7.97. The van der Waals surface area contributed by atoms with E-state index < -0.39 is 0 Å². The van der Waals surface area contributed by atoms with Crippen molar-refractivity contribution in [1.29, 1.82) is 0 Å². The molecule has 0 spiro atoms. The first-order chi connectivity index (χ1) is 3.43. The van der Waals surface area contributed by atoms with Crippen molar-refractivity contribution in [3.05, 3.63) is 16.8 Å². The molecule has 0 aliphatic carbocycles. The lowest BCUT2D eigenvalue weighted by atomic mass is 10.5. The molecule has 1 aromatic rings. The van der Waals surface area contributed by atoms with Crippen molar-refractivity contribution >= 4 is 17.0 Å². The molecule has 0 saturated heterocycles. The van der Waals surface area contributed by atoms with Crippen molar-refractivity contribution in [3.8, 4) is 0 Å². The fourth-order valence-corrected chi connectivity index (χ4v) is 0.937. The number of nitrogens with one attached hydrogen (secondary N) is 1. The third kappa shape index (κ3) is 0.933. The number of rotatable bonds is 1. The second-order valence-corrected chi connectivity index (χ2v) is 1.90. The molecule has 0 bridgehead atoms. The molecule has 0 unspecified atom stereocenters. The van der Waals surface area contributed by atoms with Crippen LogP contribution in [0.25, 0.3) is 0 Å². The molecule has 2 heteroatoms. The number of anilines is 1. The maximum atomic E-state index is 3.02. The molecule has 37 valence electrons. The van der Waals surface area contributed by atoms with Crippen LogP contribution in [0, 0.1) is 5.38 Å². The van der Waals surface area contributed by atoms with Crippen LogP contribution in [-0.4, -0.2) is 7.05 Å². The summed E-state index contributed by atoms with van der Waals surface area (Å²) in [5.41, 5.74) is 1.07. The first kappa shape index (κ1) is 4.65. The van der Waals surface area contributed by atoms with Crippen LogP contribution in [0.2, 0.25) is 0 Å². The monoisotopic (exact) mass is 112 g/mol. The fraction of sp³-hybridized carbons (Fsp3) is 0.200. The molecule has 1 aromatic heterocycles. The van der Waals surface area contributed by atoms with Crippen LogP contribution in [-0.2, 0) is 0 Å². The molecule has 0 atom stereocenters. The van der Waals surface area contributed by atoms with Crippen LogP contribution in [0.15, 0.2) is 11.4 Å². The standard InChI is InChI=1S/C5H6NS/c1-6-5-2-3-7-4-5/h2-3,6H,1H3. The molecule has 0 aromatic carbocycles. The van der Waals surface area contributed by atoms with Crippen molar-refractivity contribution in [2.45, 2.75) is 0 Å². The van der Waals surface area contributed by atoms with Crippen LogP contribution >= 0.6 is 11.3 Å². The van der Waals surface area contributed by atoms with E-state index in [9.17, 15) is 0 Å². The lowest BCUT2D eigenvalue weighted by Gasteiger charge is -1.85. The second kappa shape index (κ2) is 1.98. The van der Waals surface area contributed by atoms with Gasteiger partial charge in [-0.1, -0.05) is 0 Å². The first-order valence-corrected chi connectivity index (χ1v) is 2.94. The Hall–Kier alpha value is -0.500. The van der Waals surface area contributed by atoms with Gasteiger partial charge in [0.25, 0.3) is 0 Å². The molecule has 1 N–H and O–H groups in total. The predicted octanol–water partition coefficient (Wildman–Crippen LogP) is 1.59.